The van der Waals surface area contributed by atoms with E-state index in [1.807, 2.05) is 42.0 Å². The minimum atomic E-state index is -1.50. The normalized spacial score (nSPS) is 12.8. The highest BCUT2D eigenvalue weighted by Crippen LogP contribution is 2.25. The second kappa shape index (κ2) is 8.74. The summed E-state index contributed by atoms with van der Waals surface area (Å²) < 4.78 is 50.2. The number of nitrogens with zero attached hydrogens (tertiary/aromatic N) is 3. The van der Waals surface area contributed by atoms with E-state index in [1.54, 1.807) is 24.9 Å². The third-order valence-corrected chi connectivity index (χ3v) is 5.74. The molecule has 4 aromatic rings. The highest BCUT2D eigenvalue weighted by Gasteiger charge is 2.17. The molecule has 5 nitrogen and oxygen atoms in total. The summed E-state index contributed by atoms with van der Waals surface area (Å²) in [5.41, 5.74) is 2.79. The Balaban J connectivity index is 1.76. The van der Waals surface area contributed by atoms with Gasteiger partial charge in [0.05, 0.1) is 41.6 Å². The lowest BCUT2D eigenvalue weighted by molar-refractivity contribution is 0.413. The maximum Gasteiger partial charge on any atom is 0.194 e. The van der Waals surface area contributed by atoms with E-state index in [0.717, 1.165) is 29.1 Å². The fourth-order valence-electron chi connectivity index (χ4n) is 3.71. The van der Waals surface area contributed by atoms with E-state index < -0.39 is 23.5 Å². The molecule has 0 fully saturated rings. The Labute approximate surface area is 193 Å². The van der Waals surface area contributed by atoms with Gasteiger partial charge in [-0.05, 0) is 67.5 Å². The average molecular weight is 471 g/mol. The molecule has 0 radical (unpaired) electrons. The molecule has 0 bridgehead atoms. The second-order valence-electron chi connectivity index (χ2n) is 7.63. The van der Waals surface area contributed by atoms with E-state index in [-0.39, 0.29) is 5.56 Å². The van der Waals surface area contributed by atoms with Gasteiger partial charge >= 0.3 is 0 Å². The molecule has 4 rings (SSSR count). The van der Waals surface area contributed by atoms with Crippen molar-refractivity contribution in [2.24, 2.45) is 0 Å². The minimum absolute atomic E-state index is 0.236. The molecule has 1 atom stereocenters. The number of H-pyrrole nitrogens is 1. The van der Waals surface area contributed by atoms with Gasteiger partial charge in [-0.2, -0.15) is 0 Å². The fourth-order valence-corrected chi connectivity index (χ4v) is 4.09. The largest absolute Gasteiger partial charge is 0.495 e. The summed E-state index contributed by atoms with van der Waals surface area (Å²) in [6.45, 7) is 7.70. The lowest BCUT2D eigenvalue weighted by atomic mass is 10.1. The summed E-state index contributed by atoms with van der Waals surface area (Å²) in [6.07, 6.45) is 5.46. The van der Waals surface area contributed by atoms with Crippen LogP contribution in [0.3, 0.4) is 0 Å². The molecular weight excluding hydrogens is 449 g/mol. The Morgan fingerprint density at radius 2 is 1.88 bits per heavy atom. The first-order chi connectivity index (χ1) is 15.7. The van der Waals surface area contributed by atoms with Crippen LogP contribution in [-0.2, 0) is 0 Å². The standard InChI is InChI=1S/C24H21F3N4OS/c1-13-11-30(12-28-13)21-6-5-16(8-22(21)32-4)7-20-15(3)31(24(33)29-20)14(2)17-9-18(25)23(27)19(26)10-17/h5-12,14H,3H2,1-2,4H3,(H,29,33)/b20-7-. The molecule has 2 aromatic heterocycles. The van der Waals surface area contributed by atoms with Crippen molar-refractivity contribution in [3.8, 4) is 11.4 Å². The van der Waals surface area contributed by atoms with Crippen molar-refractivity contribution in [3.63, 3.8) is 0 Å². The first kappa shape index (κ1) is 22.6. The molecule has 0 spiro atoms. The molecule has 1 N–H and O–H groups in total. The van der Waals surface area contributed by atoms with E-state index in [1.165, 1.54) is 0 Å². The number of hydrogen-bond donors (Lipinski definition) is 1. The Morgan fingerprint density at radius 3 is 2.48 bits per heavy atom. The maximum absolute atomic E-state index is 13.7. The van der Waals surface area contributed by atoms with Gasteiger partial charge < -0.3 is 18.9 Å². The number of methoxy groups -OCH3 is 1. The summed E-state index contributed by atoms with van der Waals surface area (Å²) in [4.78, 5) is 7.33. The van der Waals surface area contributed by atoms with E-state index >= 15 is 0 Å². The highest BCUT2D eigenvalue weighted by molar-refractivity contribution is 7.71. The number of rotatable bonds is 5. The third kappa shape index (κ3) is 4.23. The van der Waals surface area contributed by atoms with Crippen LogP contribution in [0.2, 0.25) is 0 Å². The van der Waals surface area contributed by atoms with Crippen LogP contribution in [0.4, 0.5) is 13.2 Å². The first-order valence-corrected chi connectivity index (χ1v) is 10.4. The van der Waals surface area contributed by atoms with Gasteiger partial charge in [-0.15, -0.1) is 0 Å². The van der Waals surface area contributed by atoms with Crippen molar-refractivity contribution >= 4 is 24.9 Å². The topological polar surface area (TPSA) is 47.8 Å². The Kier molecular flexibility index (Phi) is 5.99. The van der Waals surface area contributed by atoms with Crippen molar-refractivity contribution in [1.82, 2.24) is 19.1 Å². The van der Waals surface area contributed by atoms with Crippen LogP contribution in [0.25, 0.3) is 18.3 Å². The maximum atomic E-state index is 13.7. The van der Waals surface area contributed by atoms with Gasteiger partial charge in [0.25, 0.3) is 0 Å². The van der Waals surface area contributed by atoms with Gasteiger partial charge in [-0.3, -0.25) is 0 Å². The van der Waals surface area contributed by atoms with Crippen LogP contribution in [0, 0.1) is 29.1 Å². The van der Waals surface area contributed by atoms with Crippen LogP contribution in [0.15, 0.2) is 42.9 Å². The third-order valence-electron chi connectivity index (χ3n) is 5.44. The monoisotopic (exact) mass is 470 g/mol. The number of aryl methyl sites for hydroxylation is 1. The quantitative estimate of drug-likeness (QED) is 0.349. The smallest absolute Gasteiger partial charge is 0.194 e. The lowest BCUT2D eigenvalue weighted by Gasteiger charge is -2.15. The Bertz CT molecular complexity index is 1500. The molecule has 9 heteroatoms. The number of imidazole rings is 2. The molecule has 0 amide bonds. The van der Waals surface area contributed by atoms with Gasteiger partial charge in [0.1, 0.15) is 5.75 Å². The lowest BCUT2D eigenvalue weighted by Crippen LogP contribution is -2.30. The number of halogens is 3. The van der Waals surface area contributed by atoms with Crippen LogP contribution in [0.1, 0.15) is 29.8 Å². The van der Waals surface area contributed by atoms with Crippen molar-refractivity contribution in [3.05, 3.63) is 92.6 Å². The molecule has 33 heavy (non-hydrogen) atoms. The average Bonchev–Trinajstić information content (AvgIpc) is 3.33. The molecular formula is C24H21F3N4OS. The summed E-state index contributed by atoms with van der Waals surface area (Å²) >= 11 is 5.43. The molecule has 1 unspecified atom stereocenters. The predicted octanol–water partition coefficient (Wildman–Crippen LogP) is 4.31. The first-order valence-electron chi connectivity index (χ1n) is 10.0. The highest BCUT2D eigenvalue weighted by atomic mass is 32.1. The molecule has 2 heterocycles. The Hall–Kier alpha value is -3.59. The van der Waals surface area contributed by atoms with Crippen molar-refractivity contribution in [2.45, 2.75) is 19.9 Å². The van der Waals surface area contributed by atoms with E-state index in [9.17, 15) is 13.2 Å². The summed E-state index contributed by atoms with van der Waals surface area (Å²) in [5.74, 6) is -3.36. The molecule has 0 saturated heterocycles. The van der Waals surface area contributed by atoms with E-state index in [2.05, 4.69) is 16.5 Å². The molecule has 170 valence electrons. The van der Waals surface area contributed by atoms with E-state index in [4.69, 9.17) is 17.0 Å². The molecule has 0 aliphatic carbocycles. The van der Waals surface area contributed by atoms with Gasteiger partial charge in [-0.1, -0.05) is 12.6 Å². The fraction of sp³-hybridized carbons (Fsp3) is 0.167. The zero-order valence-electron chi connectivity index (χ0n) is 18.2. The number of ether oxygens (including phenoxy) is 1. The number of benzene rings is 2. The van der Waals surface area contributed by atoms with Crippen molar-refractivity contribution in [2.75, 3.05) is 7.11 Å². The number of hydrogen-bond acceptors (Lipinski definition) is 3. The van der Waals surface area contributed by atoms with Crippen LogP contribution < -0.4 is 15.4 Å². The van der Waals surface area contributed by atoms with Gasteiger partial charge in [0.2, 0.25) is 0 Å². The predicted molar refractivity (Wildman–Crippen MR) is 123 cm³/mol. The summed E-state index contributed by atoms with van der Waals surface area (Å²) in [5, 5.41) is 1.15. The van der Waals surface area contributed by atoms with Gasteiger partial charge in [0.15, 0.2) is 22.2 Å². The van der Waals surface area contributed by atoms with Crippen LogP contribution >= 0.6 is 12.2 Å². The van der Waals surface area contributed by atoms with Crippen molar-refractivity contribution < 1.29 is 17.9 Å². The summed E-state index contributed by atoms with van der Waals surface area (Å²) in [7, 11) is 1.59. The zero-order chi connectivity index (χ0) is 23.9. The molecule has 0 aliphatic rings. The summed E-state index contributed by atoms with van der Waals surface area (Å²) in [6, 6.07) is 7.04. The molecule has 2 aromatic carbocycles. The van der Waals surface area contributed by atoms with Gasteiger partial charge in [-0.25, -0.2) is 18.2 Å². The van der Waals surface area contributed by atoms with Crippen molar-refractivity contribution in [1.29, 1.82) is 0 Å². The second-order valence-corrected chi connectivity index (χ2v) is 8.02. The number of aromatic nitrogens is 4. The van der Waals surface area contributed by atoms with Crippen LogP contribution in [0.5, 0.6) is 5.75 Å². The number of aromatic amines is 1. The SMILES string of the molecule is C=c1/c(=C/c2ccc(-n3cnc(C)c3)c(OC)c2)[nH]c(=S)n1C(C)c1cc(F)c(F)c(F)c1. The Morgan fingerprint density at radius 1 is 1.18 bits per heavy atom. The zero-order valence-corrected chi connectivity index (χ0v) is 19.0. The number of nitrogens with one attached hydrogen (secondary N) is 1. The molecule has 0 aliphatic heterocycles. The minimum Gasteiger partial charge on any atom is -0.495 e. The molecule has 0 saturated carbocycles. The van der Waals surface area contributed by atoms with E-state index in [0.29, 0.717) is 21.2 Å². The van der Waals surface area contributed by atoms with Gasteiger partial charge in [0, 0.05) is 6.20 Å². The van der Waals surface area contributed by atoms with Crippen LogP contribution in [-0.4, -0.2) is 26.2 Å².